The number of anilines is 1. The molecule has 0 radical (unpaired) electrons. The summed E-state index contributed by atoms with van der Waals surface area (Å²) < 4.78 is 37.2. The fourth-order valence-electron chi connectivity index (χ4n) is 2.49. The number of carbonyl (C=O) groups is 2. The molecule has 1 heterocycles. The van der Waals surface area contributed by atoms with Crippen LogP contribution in [0.2, 0.25) is 5.02 Å². The van der Waals surface area contributed by atoms with Crippen molar-refractivity contribution in [2.45, 2.75) is 5.16 Å². The number of methoxy groups -OCH3 is 1. The Kier molecular flexibility index (Phi) is 7.62. The molecule has 3 rings (SSSR count). The number of nitriles is 1. The molecular weight excluding hydrogens is 504 g/mol. The van der Waals surface area contributed by atoms with Gasteiger partial charge in [0, 0.05) is 22.8 Å². The van der Waals surface area contributed by atoms with Gasteiger partial charge in [-0.25, -0.2) is 13.2 Å². The van der Waals surface area contributed by atoms with Crippen LogP contribution < -0.4 is 14.8 Å². The second-order valence-corrected chi connectivity index (χ2v) is 9.68. The zero-order valence-electron chi connectivity index (χ0n) is 17.6. The normalized spacial score (nSPS) is 11.4. The first-order valence-electron chi connectivity index (χ1n) is 9.23. The van der Waals surface area contributed by atoms with Gasteiger partial charge in [-0.15, -0.1) is 0 Å². The highest BCUT2D eigenvalue weighted by atomic mass is 35.5. The first-order valence-corrected chi connectivity index (χ1v) is 12.3. The van der Waals surface area contributed by atoms with Gasteiger partial charge in [0.25, 0.3) is 11.1 Å². The molecule has 1 amide bonds. The number of benzene rings is 2. The van der Waals surface area contributed by atoms with Crippen molar-refractivity contribution in [2.75, 3.05) is 18.7 Å². The highest BCUT2D eigenvalue weighted by molar-refractivity contribution is 7.90. The van der Waals surface area contributed by atoms with E-state index in [0.29, 0.717) is 22.1 Å². The van der Waals surface area contributed by atoms with Crippen LogP contribution in [0.5, 0.6) is 11.5 Å². The van der Waals surface area contributed by atoms with Crippen LogP contribution in [-0.2, 0) is 14.6 Å². The Hall–Kier alpha value is -3.79. The average molecular weight is 519 g/mol. The predicted octanol–water partition coefficient (Wildman–Crippen LogP) is 3.37. The number of sulfone groups is 1. The van der Waals surface area contributed by atoms with E-state index in [-0.39, 0.29) is 27.8 Å². The lowest BCUT2D eigenvalue weighted by Gasteiger charge is -2.10. The Labute approximate surface area is 203 Å². The summed E-state index contributed by atoms with van der Waals surface area (Å²) in [6.45, 7) is 0. The number of nitrogens with one attached hydrogen (secondary N) is 1. The fraction of sp³-hybridized carbons (Fsp3) is 0.0952. The maximum atomic E-state index is 12.4. The third-order valence-electron chi connectivity index (χ3n) is 4.11. The summed E-state index contributed by atoms with van der Waals surface area (Å²) in [5, 5.41) is 11.7. The maximum Gasteiger partial charge on any atom is 0.343 e. The summed E-state index contributed by atoms with van der Waals surface area (Å²) in [5.74, 6) is -1.11. The molecule has 174 valence electrons. The molecular formula is C21H15ClN4O6S2. The van der Waals surface area contributed by atoms with E-state index in [9.17, 15) is 23.3 Å². The Morgan fingerprint density at radius 3 is 2.47 bits per heavy atom. The summed E-state index contributed by atoms with van der Waals surface area (Å²) in [5.41, 5.74) is 0.405. The molecule has 0 aliphatic rings. The van der Waals surface area contributed by atoms with Gasteiger partial charge >= 0.3 is 5.97 Å². The summed E-state index contributed by atoms with van der Waals surface area (Å²) in [7, 11) is -2.26. The van der Waals surface area contributed by atoms with Gasteiger partial charge in [0.05, 0.1) is 12.7 Å². The van der Waals surface area contributed by atoms with Gasteiger partial charge < -0.3 is 9.47 Å². The molecule has 0 spiro atoms. The van der Waals surface area contributed by atoms with E-state index in [1.165, 1.54) is 43.5 Å². The Morgan fingerprint density at radius 2 is 1.88 bits per heavy atom. The van der Waals surface area contributed by atoms with Crippen LogP contribution in [-0.4, -0.2) is 43.0 Å². The topological polar surface area (TPSA) is 148 Å². The minimum Gasteiger partial charge on any atom is -0.493 e. The van der Waals surface area contributed by atoms with Crippen LogP contribution in [0.25, 0.3) is 6.08 Å². The molecule has 0 aliphatic heterocycles. The molecule has 0 unspecified atom stereocenters. The minimum absolute atomic E-state index is 0.0754. The van der Waals surface area contributed by atoms with Gasteiger partial charge in [-0.05, 0) is 48.0 Å². The van der Waals surface area contributed by atoms with Crippen LogP contribution in [0.1, 0.15) is 15.9 Å². The third kappa shape index (κ3) is 6.16. The van der Waals surface area contributed by atoms with Gasteiger partial charge in [-0.3, -0.25) is 10.1 Å². The molecule has 0 fully saturated rings. The first kappa shape index (κ1) is 24.8. The predicted molar refractivity (Wildman–Crippen MR) is 125 cm³/mol. The second-order valence-electron chi connectivity index (χ2n) is 6.58. The lowest BCUT2D eigenvalue weighted by Crippen LogP contribution is -2.13. The van der Waals surface area contributed by atoms with Gasteiger partial charge in [0.15, 0.2) is 11.5 Å². The van der Waals surface area contributed by atoms with E-state index < -0.39 is 26.9 Å². The molecule has 0 atom stereocenters. The van der Waals surface area contributed by atoms with Crippen LogP contribution >= 0.6 is 23.1 Å². The van der Waals surface area contributed by atoms with E-state index in [1.54, 1.807) is 18.2 Å². The molecule has 2 aromatic carbocycles. The van der Waals surface area contributed by atoms with E-state index in [4.69, 9.17) is 21.1 Å². The first-order chi connectivity index (χ1) is 16.1. The molecule has 0 saturated carbocycles. The maximum absolute atomic E-state index is 12.4. The second kappa shape index (κ2) is 10.4. The summed E-state index contributed by atoms with van der Waals surface area (Å²) in [4.78, 5) is 28.5. The number of hydrogen-bond donors (Lipinski definition) is 1. The third-order valence-corrected chi connectivity index (χ3v) is 5.95. The lowest BCUT2D eigenvalue weighted by atomic mass is 10.1. The Morgan fingerprint density at radius 1 is 1.18 bits per heavy atom. The Balaban J connectivity index is 1.78. The monoisotopic (exact) mass is 518 g/mol. The molecule has 34 heavy (non-hydrogen) atoms. The van der Waals surface area contributed by atoms with Crippen molar-refractivity contribution in [1.29, 1.82) is 5.26 Å². The highest BCUT2D eigenvalue weighted by Crippen LogP contribution is 2.30. The molecule has 0 saturated heterocycles. The number of ether oxygens (including phenoxy) is 2. The van der Waals surface area contributed by atoms with Crippen molar-refractivity contribution < 1.29 is 27.5 Å². The number of aromatic nitrogens is 2. The van der Waals surface area contributed by atoms with Crippen molar-refractivity contribution in [3.63, 3.8) is 0 Å². The van der Waals surface area contributed by atoms with Crippen molar-refractivity contribution in [3.05, 3.63) is 64.2 Å². The lowest BCUT2D eigenvalue weighted by molar-refractivity contribution is -0.112. The fourth-order valence-corrected chi connectivity index (χ4v) is 4.06. The molecule has 13 heteroatoms. The van der Waals surface area contributed by atoms with E-state index in [0.717, 1.165) is 6.26 Å². The molecule has 1 aromatic heterocycles. The van der Waals surface area contributed by atoms with E-state index >= 15 is 0 Å². The van der Waals surface area contributed by atoms with Crippen molar-refractivity contribution >= 4 is 56.1 Å². The van der Waals surface area contributed by atoms with E-state index in [1.807, 2.05) is 0 Å². The standard InChI is InChI=1S/C21H15ClN4O6S2/c1-31-17-10-12(3-8-16(17)32-19(28)13-4-6-15(22)7-5-13)9-14(11-23)18(27)24-20-25-21(26-33-20)34(2,29)30/h3-10H,1-2H3,(H,24,25,26,27)/b14-9-. The average Bonchev–Trinajstić information content (AvgIpc) is 3.27. The summed E-state index contributed by atoms with van der Waals surface area (Å²) in [6, 6.07) is 12.4. The zero-order chi connectivity index (χ0) is 24.9. The summed E-state index contributed by atoms with van der Waals surface area (Å²) >= 11 is 6.49. The molecule has 10 nitrogen and oxygen atoms in total. The van der Waals surface area contributed by atoms with Crippen LogP contribution in [0.15, 0.2) is 53.2 Å². The zero-order valence-corrected chi connectivity index (χ0v) is 20.0. The number of esters is 1. The number of amides is 1. The number of carbonyl (C=O) groups excluding carboxylic acids is 2. The van der Waals surface area contributed by atoms with Gasteiger partial charge in [0.1, 0.15) is 11.6 Å². The van der Waals surface area contributed by atoms with Crippen LogP contribution in [0.3, 0.4) is 0 Å². The van der Waals surface area contributed by atoms with Crippen molar-refractivity contribution in [3.8, 4) is 17.6 Å². The van der Waals surface area contributed by atoms with Crippen LogP contribution in [0.4, 0.5) is 5.13 Å². The number of nitrogens with zero attached hydrogens (tertiary/aromatic N) is 3. The largest absolute Gasteiger partial charge is 0.493 e. The highest BCUT2D eigenvalue weighted by Gasteiger charge is 2.18. The Bertz CT molecular complexity index is 1430. The number of hydrogen-bond acceptors (Lipinski definition) is 10. The molecule has 3 aromatic rings. The van der Waals surface area contributed by atoms with Gasteiger partial charge in [-0.2, -0.15) is 14.6 Å². The van der Waals surface area contributed by atoms with E-state index in [2.05, 4.69) is 14.7 Å². The van der Waals surface area contributed by atoms with Gasteiger partial charge in [0.2, 0.25) is 15.0 Å². The molecule has 1 N–H and O–H groups in total. The number of rotatable bonds is 7. The van der Waals surface area contributed by atoms with Crippen LogP contribution in [0, 0.1) is 11.3 Å². The quantitative estimate of drug-likeness (QED) is 0.215. The van der Waals surface area contributed by atoms with Gasteiger partial charge in [-0.1, -0.05) is 17.7 Å². The smallest absolute Gasteiger partial charge is 0.343 e. The van der Waals surface area contributed by atoms with Crippen molar-refractivity contribution in [1.82, 2.24) is 9.36 Å². The number of halogens is 1. The van der Waals surface area contributed by atoms with Crippen molar-refractivity contribution in [2.24, 2.45) is 0 Å². The molecule has 0 aliphatic carbocycles. The molecule has 0 bridgehead atoms. The minimum atomic E-state index is -3.63. The summed E-state index contributed by atoms with van der Waals surface area (Å²) in [6.07, 6.45) is 2.21. The SMILES string of the molecule is COc1cc(/C=C(/C#N)C(=O)Nc2nc(S(C)(=O)=O)ns2)ccc1OC(=O)c1ccc(Cl)cc1.